The van der Waals surface area contributed by atoms with Crippen LogP contribution in [0.5, 0.6) is 5.75 Å². The van der Waals surface area contributed by atoms with Crippen molar-refractivity contribution in [3.05, 3.63) is 47.9 Å². The van der Waals surface area contributed by atoms with E-state index in [4.69, 9.17) is 4.74 Å². The lowest BCUT2D eigenvalue weighted by molar-refractivity contribution is -0.119. The number of hydrogen-bond acceptors (Lipinski definition) is 7. The van der Waals surface area contributed by atoms with Crippen LogP contribution in [0, 0.1) is 19.8 Å². The molecule has 10 heteroatoms. The first-order chi connectivity index (χ1) is 15.8. The molecule has 1 aromatic carbocycles. The summed E-state index contributed by atoms with van der Waals surface area (Å²) in [6, 6.07) is 6.67. The zero-order valence-electron chi connectivity index (χ0n) is 18.7. The Morgan fingerprint density at radius 1 is 1.15 bits per heavy atom. The summed E-state index contributed by atoms with van der Waals surface area (Å²) in [5.41, 5.74) is 2.60. The SMILES string of the molecule is COc1ccc(-c2sc(NC(=O)C3CCCC3)nc2C)cc1S(=O)(=O)Nc1cncc(C)c1. The van der Waals surface area contributed by atoms with Crippen LogP contribution in [0.3, 0.4) is 0 Å². The van der Waals surface area contributed by atoms with Gasteiger partial charge in [0.15, 0.2) is 5.13 Å². The van der Waals surface area contributed by atoms with E-state index in [1.54, 1.807) is 30.5 Å². The molecule has 2 heterocycles. The first-order valence-electron chi connectivity index (χ1n) is 10.7. The normalized spacial score (nSPS) is 14.3. The maximum absolute atomic E-state index is 13.2. The summed E-state index contributed by atoms with van der Waals surface area (Å²) in [6.45, 7) is 3.67. The monoisotopic (exact) mass is 486 g/mol. The second-order valence-corrected chi connectivity index (χ2v) is 10.8. The molecular formula is C23H26N4O4S2. The Kier molecular flexibility index (Phi) is 6.66. The van der Waals surface area contributed by atoms with E-state index in [0.29, 0.717) is 22.1 Å². The third-order valence-corrected chi connectivity index (χ3v) is 8.12. The molecule has 0 aliphatic heterocycles. The molecule has 0 radical (unpaired) electrons. The fourth-order valence-electron chi connectivity index (χ4n) is 3.96. The van der Waals surface area contributed by atoms with Gasteiger partial charge in [0.05, 0.1) is 29.6 Å². The lowest BCUT2D eigenvalue weighted by Crippen LogP contribution is -2.20. The predicted octanol–water partition coefficient (Wildman–Crippen LogP) is 4.76. The second-order valence-electron chi connectivity index (χ2n) is 8.13. The van der Waals surface area contributed by atoms with Crippen LogP contribution in [0.2, 0.25) is 0 Å². The van der Waals surface area contributed by atoms with Crippen LogP contribution in [-0.2, 0) is 14.8 Å². The zero-order valence-corrected chi connectivity index (χ0v) is 20.3. The quantitative estimate of drug-likeness (QED) is 0.498. The molecule has 0 atom stereocenters. The number of sulfonamides is 1. The molecule has 174 valence electrons. The molecule has 1 saturated carbocycles. The van der Waals surface area contributed by atoms with Crippen molar-refractivity contribution >= 4 is 38.1 Å². The smallest absolute Gasteiger partial charge is 0.265 e. The number of carbonyl (C=O) groups excluding carboxylic acids is 1. The number of aromatic nitrogens is 2. The Balaban J connectivity index is 1.64. The standard InChI is InChI=1S/C23H26N4O4S2/c1-14-10-18(13-24-12-14)27-33(29,30)20-11-17(8-9-19(20)31-3)21-15(2)25-23(32-21)26-22(28)16-6-4-5-7-16/h8-13,16,27H,4-7H2,1-3H3,(H,25,26,28). The summed E-state index contributed by atoms with van der Waals surface area (Å²) in [6.07, 6.45) is 7.08. The van der Waals surface area contributed by atoms with Crippen LogP contribution in [-0.4, -0.2) is 31.4 Å². The van der Waals surface area contributed by atoms with Gasteiger partial charge in [-0.1, -0.05) is 24.2 Å². The zero-order chi connectivity index (χ0) is 23.6. The highest BCUT2D eigenvalue weighted by atomic mass is 32.2. The lowest BCUT2D eigenvalue weighted by atomic mass is 10.1. The molecule has 1 aliphatic rings. The van der Waals surface area contributed by atoms with E-state index in [0.717, 1.165) is 36.1 Å². The largest absolute Gasteiger partial charge is 0.495 e. The highest BCUT2D eigenvalue weighted by Gasteiger charge is 2.25. The molecule has 0 spiro atoms. The molecule has 1 aliphatic carbocycles. The van der Waals surface area contributed by atoms with Crippen molar-refractivity contribution in [1.29, 1.82) is 0 Å². The van der Waals surface area contributed by atoms with E-state index in [2.05, 4.69) is 20.0 Å². The Morgan fingerprint density at radius 2 is 1.91 bits per heavy atom. The van der Waals surface area contributed by atoms with Gasteiger partial charge in [-0.15, -0.1) is 0 Å². The van der Waals surface area contributed by atoms with Gasteiger partial charge >= 0.3 is 0 Å². The van der Waals surface area contributed by atoms with Crippen LogP contribution in [0.4, 0.5) is 10.8 Å². The van der Waals surface area contributed by atoms with Gasteiger partial charge in [-0.25, -0.2) is 13.4 Å². The van der Waals surface area contributed by atoms with Crippen molar-refractivity contribution < 1.29 is 17.9 Å². The Bertz CT molecular complexity index is 1280. The molecular weight excluding hydrogens is 460 g/mol. The molecule has 0 bridgehead atoms. The highest BCUT2D eigenvalue weighted by Crippen LogP contribution is 2.37. The summed E-state index contributed by atoms with van der Waals surface area (Å²) >= 11 is 1.33. The Morgan fingerprint density at radius 3 is 2.61 bits per heavy atom. The lowest BCUT2D eigenvalue weighted by Gasteiger charge is -2.13. The molecule has 1 amide bonds. The van der Waals surface area contributed by atoms with Crippen molar-refractivity contribution in [2.24, 2.45) is 5.92 Å². The van der Waals surface area contributed by atoms with Crippen molar-refractivity contribution in [3.8, 4) is 16.2 Å². The average Bonchev–Trinajstić information content (AvgIpc) is 3.43. The van der Waals surface area contributed by atoms with Crippen LogP contribution in [0.1, 0.15) is 36.9 Å². The molecule has 0 saturated heterocycles. The molecule has 8 nitrogen and oxygen atoms in total. The molecule has 0 unspecified atom stereocenters. The van der Waals surface area contributed by atoms with Gasteiger partial charge in [0.2, 0.25) is 5.91 Å². The first-order valence-corrected chi connectivity index (χ1v) is 13.0. The van der Waals surface area contributed by atoms with Crippen LogP contribution in [0.15, 0.2) is 41.6 Å². The van der Waals surface area contributed by atoms with Gasteiger partial charge in [0.25, 0.3) is 10.0 Å². The second kappa shape index (κ2) is 9.48. The van der Waals surface area contributed by atoms with E-state index in [1.807, 2.05) is 13.8 Å². The maximum atomic E-state index is 13.2. The number of amides is 1. The number of carbonyl (C=O) groups is 1. The topological polar surface area (TPSA) is 110 Å². The minimum Gasteiger partial charge on any atom is -0.495 e. The van der Waals surface area contributed by atoms with E-state index < -0.39 is 10.0 Å². The van der Waals surface area contributed by atoms with Crippen LogP contribution >= 0.6 is 11.3 Å². The van der Waals surface area contributed by atoms with Gasteiger partial charge in [-0.05, 0) is 62.1 Å². The van der Waals surface area contributed by atoms with E-state index in [-0.39, 0.29) is 22.5 Å². The van der Waals surface area contributed by atoms with Crippen LogP contribution in [0.25, 0.3) is 10.4 Å². The summed E-state index contributed by atoms with van der Waals surface area (Å²) in [7, 11) is -2.51. The predicted molar refractivity (Wildman–Crippen MR) is 129 cm³/mol. The number of aryl methyl sites for hydroxylation is 2. The number of pyridine rings is 1. The number of methoxy groups -OCH3 is 1. The Labute approximate surface area is 197 Å². The number of rotatable bonds is 7. The summed E-state index contributed by atoms with van der Waals surface area (Å²) in [5, 5.41) is 3.44. The third kappa shape index (κ3) is 5.17. The molecule has 3 aromatic rings. The van der Waals surface area contributed by atoms with Gasteiger partial charge in [-0.2, -0.15) is 0 Å². The Hall–Kier alpha value is -2.98. The van der Waals surface area contributed by atoms with Crippen LogP contribution < -0.4 is 14.8 Å². The van der Waals surface area contributed by atoms with E-state index in [1.165, 1.54) is 24.6 Å². The van der Waals surface area contributed by atoms with Crippen molar-refractivity contribution in [3.63, 3.8) is 0 Å². The minimum atomic E-state index is -3.94. The van der Waals surface area contributed by atoms with E-state index in [9.17, 15) is 13.2 Å². The van der Waals surface area contributed by atoms with Gasteiger partial charge in [-0.3, -0.25) is 14.5 Å². The third-order valence-electron chi connectivity index (χ3n) is 5.60. The number of nitrogens with one attached hydrogen (secondary N) is 2. The first kappa shape index (κ1) is 23.2. The van der Waals surface area contributed by atoms with Crippen molar-refractivity contribution in [2.45, 2.75) is 44.4 Å². The summed E-state index contributed by atoms with van der Waals surface area (Å²) in [5.74, 6) is 0.267. The van der Waals surface area contributed by atoms with Crippen molar-refractivity contribution in [2.75, 3.05) is 17.1 Å². The summed E-state index contributed by atoms with van der Waals surface area (Å²) in [4.78, 5) is 21.8. The van der Waals surface area contributed by atoms with Gasteiger partial charge in [0.1, 0.15) is 10.6 Å². The number of anilines is 2. The molecule has 1 fully saturated rings. The molecule has 2 N–H and O–H groups in total. The fraction of sp³-hybridized carbons (Fsp3) is 0.348. The maximum Gasteiger partial charge on any atom is 0.265 e. The molecule has 33 heavy (non-hydrogen) atoms. The van der Waals surface area contributed by atoms with Gasteiger partial charge in [0, 0.05) is 12.1 Å². The number of thiazole rings is 1. The van der Waals surface area contributed by atoms with Crippen molar-refractivity contribution in [1.82, 2.24) is 9.97 Å². The fourth-order valence-corrected chi connectivity index (χ4v) is 6.16. The number of hydrogen-bond donors (Lipinski definition) is 2. The molecule has 2 aromatic heterocycles. The molecule has 4 rings (SSSR count). The average molecular weight is 487 g/mol. The highest BCUT2D eigenvalue weighted by molar-refractivity contribution is 7.92. The number of nitrogens with zero attached hydrogens (tertiary/aromatic N) is 2. The van der Waals surface area contributed by atoms with E-state index >= 15 is 0 Å². The number of benzene rings is 1. The number of ether oxygens (including phenoxy) is 1. The minimum absolute atomic E-state index is 0.00163. The summed E-state index contributed by atoms with van der Waals surface area (Å²) < 4.78 is 34.2. The van der Waals surface area contributed by atoms with Gasteiger partial charge < -0.3 is 10.1 Å².